The molecule has 3 heteroatoms. The van der Waals surface area contributed by atoms with E-state index in [0.29, 0.717) is 11.8 Å². The Balaban J connectivity index is 2.14. The minimum absolute atomic E-state index is 0.556. The zero-order valence-electron chi connectivity index (χ0n) is 9.07. The number of hydrogen-bond acceptors (Lipinski definition) is 3. The van der Waals surface area contributed by atoms with E-state index in [-0.39, 0.29) is 0 Å². The van der Waals surface area contributed by atoms with Gasteiger partial charge in [0.2, 0.25) is 0 Å². The normalized spacial score (nSPS) is 25.5. The van der Waals surface area contributed by atoms with Gasteiger partial charge in [-0.05, 0) is 36.7 Å². The molecule has 1 heterocycles. The van der Waals surface area contributed by atoms with Crippen molar-refractivity contribution in [2.75, 3.05) is 26.7 Å². The van der Waals surface area contributed by atoms with Gasteiger partial charge in [0.25, 0.3) is 0 Å². The summed E-state index contributed by atoms with van der Waals surface area (Å²) in [5.74, 6) is 2.04. The van der Waals surface area contributed by atoms with Crippen molar-refractivity contribution in [3.63, 3.8) is 0 Å². The van der Waals surface area contributed by atoms with E-state index in [0.717, 1.165) is 25.4 Å². The third-order valence-corrected chi connectivity index (χ3v) is 3.19. The Bertz CT molecular complexity index is 310. The Morgan fingerprint density at radius 2 is 2.07 bits per heavy atom. The molecule has 1 aliphatic rings. The van der Waals surface area contributed by atoms with E-state index in [1.54, 1.807) is 7.11 Å². The van der Waals surface area contributed by atoms with E-state index in [1.165, 1.54) is 5.56 Å². The first-order chi connectivity index (χ1) is 7.35. The van der Waals surface area contributed by atoms with Crippen molar-refractivity contribution in [2.45, 2.75) is 5.92 Å². The second-order valence-corrected chi connectivity index (χ2v) is 4.03. The van der Waals surface area contributed by atoms with Crippen LogP contribution >= 0.6 is 0 Å². The average molecular weight is 206 g/mol. The van der Waals surface area contributed by atoms with Gasteiger partial charge < -0.3 is 15.8 Å². The Morgan fingerprint density at radius 1 is 1.33 bits per heavy atom. The molecular formula is C12H18N2O. The minimum atomic E-state index is 0.556. The number of methoxy groups -OCH3 is 1. The standard InChI is InChI=1S/C12H18N2O/c1-15-11-4-2-9(3-5-11)12-8-14-7-10(12)6-13/h2-5,10,12,14H,6-8,13H2,1H3. The fraction of sp³-hybridized carbons (Fsp3) is 0.500. The summed E-state index contributed by atoms with van der Waals surface area (Å²) in [6.45, 7) is 2.82. The maximum Gasteiger partial charge on any atom is 0.118 e. The minimum Gasteiger partial charge on any atom is -0.497 e. The summed E-state index contributed by atoms with van der Waals surface area (Å²) < 4.78 is 5.14. The summed E-state index contributed by atoms with van der Waals surface area (Å²) in [7, 11) is 1.69. The van der Waals surface area contributed by atoms with E-state index in [1.807, 2.05) is 12.1 Å². The summed E-state index contributed by atoms with van der Waals surface area (Å²) >= 11 is 0. The second kappa shape index (κ2) is 4.64. The van der Waals surface area contributed by atoms with Crippen LogP contribution in [0.25, 0.3) is 0 Å². The van der Waals surface area contributed by atoms with Crippen LogP contribution in [0.4, 0.5) is 0 Å². The number of nitrogens with two attached hydrogens (primary N) is 1. The van der Waals surface area contributed by atoms with Crippen LogP contribution in [0.3, 0.4) is 0 Å². The van der Waals surface area contributed by atoms with Gasteiger partial charge in [-0.2, -0.15) is 0 Å². The molecule has 1 saturated heterocycles. The van der Waals surface area contributed by atoms with Crippen LogP contribution in [0.2, 0.25) is 0 Å². The third-order valence-electron chi connectivity index (χ3n) is 3.19. The molecule has 0 bridgehead atoms. The largest absolute Gasteiger partial charge is 0.497 e. The quantitative estimate of drug-likeness (QED) is 0.774. The maximum absolute atomic E-state index is 5.75. The summed E-state index contributed by atoms with van der Waals surface area (Å²) in [4.78, 5) is 0. The first-order valence-corrected chi connectivity index (χ1v) is 5.40. The smallest absolute Gasteiger partial charge is 0.118 e. The molecule has 2 rings (SSSR count). The van der Waals surface area contributed by atoms with Gasteiger partial charge in [0.05, 0.1) is 7.11 Å². The number of benzene rings is 1. The van der Waals surface area contributed by atoms with E-state index in [9.17, 15) is 0 Å². The maximum atomic E-state index is 5.75. The van der Waals surface area contributed by atoms with Crippen molar-refractivity contribution in [3.05, 3.63) is 29.8 Å². The molecule has 1 aliphatic heterocycles. The van der Waals surface area contributed by atoms with Crippen molar-refractivity contribution in [1.29, 1.82) is 0 Å². The highest BCUT2D eigenvalue weighted by Gasteiger charge is 2.26. The number of rotatable bonds is 3. The first kappa shape index (κ1) is 10.5. The highest BCUT2D eigenvalue weighted by molar-refractivity contribution is 5.30. The molecule has 3 nitrogen and oxygen atoms in total. The Kier molecular flexibility index (Phi) is 3.23. The highest BCUT2D eigenvalue weighted by atomic mass is 16.5. The molecule has 2 atom stereocenters. The monoisotopic (exact) mass is 206 g/mol. The van der Waals surface area contributed by atoms with Gasteiger partial charge in [-0.15, -0.1) is 0 Å². The molecule has 0 saturated carbocycles. The van der Waals surface area contributed by atoms with Crippen LogP contribution < -0.4 is 15.8 Å². The van der Waals surface area contributed by atoms with Crippen LogP contribution in [-0.4, -0.2) is 26.7 Å². The predicted octanol–water partition coefficient (Wildman–Crippen LogP) is 0.957. The van der Waals surface area contributed by atoms with Crippen molar-refractivity contribution in [2.24, 2.45) is 11.7 Å². The summed E-state index contributed by atoms with van der Waals surface area (Å²) in [5, 5.41) is 3.39. The van der Waals surface area contributed by atoms with Crippen LogP contribution in [-0.2, 0) is 0 Å². The summed E-state index contributed by atoms with van der Waals surface area (Å²) in [5.41, 5.74) is 7.11. The van der Waals surface area contributed by atoms with Gasteiger partial charge >= 0.3 is 0 Å². The lowest BCUT2D eigenvalue weighted by Gasteiger charge is -2.17. The number of ether oxygens (including phenoxy) is 1. The van der Waals surface area contributed by atoms with Gasteiger partial charge in [-0.25, -0.2) is 0 Å². The predicted molar refractivity (Wildman–Crippen MR) is 61.1 cm³/mol. The highest BCUT2D eigenvalue weighted by Crippen LogP contribution is 2.28. The Morgan fingerprint density at radius 3 is 2.67 bits per heavy atom. The van der Waals surface area contributed by atoms with E-state index in [2.05, 4.69) is 17.4 Å². The topological polar surface area (TPSA) is 47.3 Å². The summed E-state index contributed by atoms with van der Waals surface area (Å²) in [6, 6.07) is 8.31. The number of hydrogen-bond donors (Lipinski definition) is 2. The SMILES string of the molecule is COc1ccc(C2CNCC2CN)cc1. The molecule has 2 unspecified atom stereocenters. The van der Waals surface area contributed by atoms with Crippen molar-refractivity contribution in [3.8, 4) is 5.75 Å². The lowest BCUT2D eigenvalue weighted by molar-refractivity contribution is 0.414. The van der Waals surface area contributed by atoms with Gasteiger partial charge in [-0.1, -0.05) is 12.1 Å². The van der Waals surface area contributed by atoms with Gasteiger partial charge in [0.15, 0.2) is 0 Å². The molecule has 1 fully saturated rings. The molecule has 3 N–H and O–H groups in total. The number of nitrogens with one attached hydrogen (secondary N) is 1. The van der Waals surface area contributed by atoms with E-state index in [4.69, 9.17) is 10.5 Å². The van der Waals surface area contributed by atoms with Crippen LogP contribution in [0.1, 0.15) is 11.5 Å². The molecule has 0 spiro atoms. The van der Waals surface area contributed by atoms with Crippen molar-refractivity contribution >= 4 is 0 Å². The fourth-order valence-corrected chi connectivity index (χ4v) is 2.22. The molecule has 15 heavy (non-hydrogen) atoms. The molecule has 82 valence electrons. The van der Waals surface area contributed by atoms with Crippen LogP contribution in [0, 0.1) is 5.92 Å². The van der Waals surface area contributed by atoms with Gasteiger partial charge in [0, 0.05) is 12.5 Å². The molecule has 1 aromatic carbocycles. The van der Waals surface area contributed by atoms with E-state index < -0.39 is 0 Å². The zero-order valence-corrected chi connectivity index (χ0v) is 9.07. The molecule has 1 aromatic rings. The lowest BCUT2D eigenvalue weighted by Crippen LogP contribution is -2.21. The Hall–Kier alpha value is -1.06. The third kappa shape index (κ3) is 2.13. The average Bonchev–Trinajstić information content (AvgIpc) is 2.77. The lowest BCUT2D eigenvalue weighted by atomic mass is 9.89. The summed E-state index contributed by atoms with van der Waals surface area (Å²) in [6.07, 6.45) is 0. The zero-order chi connectivity index (χ0) is 10.7. The molecule has 0 aliphatic carbocycles. The molecular weight excluding hydrogens is 188 g/mol. The van der Waals surface area contributed by atoms with Crippen molar-refractivity contribution < 1.29 is 4.74 Å². The van der Waals surface area contributed by atoms with Crippen molar-refractivity contribution in [1.82, 2.24) is 5.32 Å². The van der Waals surface area contributed by atoms with Gasteiger partial charge in [0.1, 0.15) is 5.75 Å². The molecule has 0 radical (unpaired) electrons. The molecule has 0 amide bonds. The second-order valence-electron chi connectivity index (χ2n) is 4.03. The first-order valence-electron chi connectivity index (χ1n) is 5.40. The Labute approximate surface area is 90.6 Å². The van der Waals surface area contributed by atoms with E-state index >= 15 is 0 Å². The van der Waals surface area contributed by atoms with Crippen LogP contribution in [0.15, 0.2) is 24.3 Å². The fourth-order valence-electron chi connectivity index (χ4n) is 2.22. The van der Waals surface area contributed by atoms with Gasteiger partial charge in [-0.3, -0.25) is 0 Å². The molecule has 0 aromatic heterocycles. The van der Waals surface area contributed by atoms with Crippen LogP contribution in [0.5, 0.6) is 5.75 Å².